The van der Waals surface area contributed by atoms with Crippen LogP contribution >= 0.6 is 11.8 Å². The molecule has 1 aliphatic rings. The van der Waals surface area contributed by atoms with Crippen LogP contribution < -0.4 is 11.1 Å². The Kier molecular flexibility index (Phi) is 5.04. The number of primary amides is 1. The molecule has 1 saturated heterocycles. The SMILES string of the molecule is CC(NC(=O)N1C(C(=O)O)CSC1C(C)C)C(N)=O. The van der Waals surface area contributed by atoms with Crippen LogP contribution in [-0.2, 0) is 9.59 Å². The third kappa shape index (κ3) is 3.52. The number of hydrogen-bond acceptors (Lipinski definition) is 4. The lowest BCUT2D eigenvalue weighted by molar-refractivity contribution is -0.141. The Morgan fingerprint density at radius 2 is 1.95 bits per heavy atom. The monoisotopic (exact) mass is 289 g/mol. The van der Waals surface area contributed by atoms with Crippen LogP contribution in [0.1, 0.15) is 20.8 Å². The second-order valence-corrected chi connectivity index (χ2v) is 5.95. The fraction of sp³-hybridized carbons (Fsp3) is 0.727. The highest BCUT2D eigenvalue weighted by molar-refractivity contribution is 8.00. The number of carbonyl (C=O) groups excluding carboxylic acids is 2. The van der Waals surface area contributed by atoms with Gasteiger partial charge in [-0.2, -0.15) is 0 Å². The van der Waals surface area contributed by atoms with E-state index in [0.29, 0.717) is 5.75 Å². The van der Waals surface area contributed by atoms with Gasteiger partial charge >= 0.3 is 12.0 Å². The Balaban J connectivity index is 2.86. The molecule has 0 spiro atoms. The summed E-state index contributed by atoms with van der Waals surface area (Å²) in [5, 5.41) is 11.4. The highest BCUT2D eigenvalue weighted by atomic mass is 32.2. The number of thioether (sulfide) groups is 1. The van der Waals surface area contributed by atoms with Gasteiger partial charge in [-0.1, -0.05) is 13.8 Å². The molecular formula is C11H19N3O4S. The molecule has 1 aliphatic heterocycles. The Labute approximate surface area is 115 Å². The summed E-state index contributed by atoms with van der Waals surface area (Å²) < 4.78 is 0. The predicted molar refractivity (Wildman–Crippen MR) is 71.5 cm³/mol. The fourth-order valence-electron chi connectivity index (χ4n) is 1.82. The van der Waals surface area contributed by atoms with Gasteiger partial charge in [-0.3, -0.25) is 9.69 Å². The number of nitrogens with two attached hydrogens (primary N) is 1. The van der Waals surface area contributed by atoms with Gasteiger partial charge in [0.15, 0.2) is 0 Å². The minimum absolute atomic E-state index is 0.115. The maximum absolute atomic E-state index is 12.1. The maximum atomic E-state index is 12.1. The van der Waals surface area contributed by atoms with Crippen LogP contribution in [0.5, 0.6) is 0 Å². The molecule has 8 heteroatoms. The van der Waals surface area contributed by atoms with Crippen molar-refractivity contribution in [1.82, 2.24) is 10.2 Å². The van der Waals surface area contributed by atoms with Gasteiger partial charge in [0.2, 0.25) is 5.91 Å². The first kappa shape index (κ1) is 15.6. The molecule has 0 aromatic rings. The minimum Gasteiger partial charge on any atom is -0.480 e. The van der Waals surface area contributed by atoms with E-state index in [0.717, 1.165) is 0 Å². The number of carboxylic acid groups (broad SMARTS) is 1. The van der Waals surface area contributed by atoms with Crippen molar-refractivity contribution in [2.45, 2.75) is 38.2 Å². The average Bonchev–Trinajstić information content (AvgIpc) is 2.72. The van der Waals surface area contributed by atoms with Crippen molar-refractivity contribution < 1.29 is 19.5 Å². The van der Waals surface area contributed by atoms with Crippen molar-refractivity contribution in [3.8, 4) is 0 Å². The van der Waals surface area contributed by atoms with E-state index >= 15 is 0 Å². The number of nitrogens with zero attached hydrogens (tertiary/aromatic N) is 1. The van der Waals surface area contributed by atoms with Crippen molar-refractivity contribution in [2.24, 2.45) is 11.7 Å². The molecular weight excluding hydrogens is 270 g/mol. The van der Waals surface area contributed by atoms with Gasteiger partial charge < -0.3 is 16.2 Å². The van der Waals surface area contributed by atoms with Crippen molar-refractivity contribution in [2.75, 3.05) is 5.75 Å². The lowest BCUT2D eigenvalue weighted by Gasteiger charge is -2.30. The third-order valence-corrected chi connectivity index (χ3v) is 4.51. The summed E-state index contributed by atoms with van der Waals surface area (Å²) in [6.07, 6.45) is 0. The highest BCUT2D eigenvalue weighted by Gasteiger charge is 2.43. The first-order chi connectivity index (χ1) is 8.75. The zero-order chi connectivity index (χ0) is 14.7. The van der Waals surface area contributed by atoms with Gasteiger partial charge in [0.1, 0.15) is 12.1 Å². The number of urea groups is 1. The molecule has 0 aliphatic carbocycles. The molecule has 108 valence electrons. The van der Waals surface area contributed by atoms with Crippen molar-refractivity contribution in [1.29, 1.82) is 0 Å². The van der Waals surface area contributed by atoms with E-state index in [1.807, 2.05) is 13.8 Å². The number of hydrogen-bond donors (Lipinski definition) is 3. The first-order valence-electron chi connectivity index (χ1n) is 5.98. The number of aliphatic carboxylic acids is 1. The van der Waals surface area contributed by atoms with Gasteiger partial charge in [0.25, 0.3) is 0 Å². The van der Waals surface area contributed by atoms with Gasteiger partial charge in [-0.25, -0.2) is 9.59 Å². The molecule has 3 amide bonds. The largest absolute Gasteiger partial charge is 0.480 e. The summed E-state index contributed by atoms with van der Waals surface area (Å²) in [4.78, 5) is 35.5. The van der Waals surface area contributed by atoms with Gasteiger partial charge in [-0.15, -0.1) is 11.8 Å². The lowest BCUT2D eigenvalue weighted by atomic mass is 10.1. The quantitative estimate of drug-likeness (QED) is 0.677. The van der Waals surface area contributed by atoms with Gasteiger partial charge in [0.05, 0.1) is 5.37 Å². The molecule has 0 saturated carbocycles. The molecule has 3 unspecified atom stereocenters. The Bertz CT molecular complexity index is 388. The van der Waals surface area contributed by atoms with Gasteiger partial charge in [-0.05, 0) is 12.8 Å². The Morgan fingerprint density at radius 3 is 2.37 bits per heavy atom. The molecule has 4 N–H and O–H groups in total. The summed E-state index contributed by atoms with van der Waals surface area (Å²) in [6.45, 7) is 5.29. The number of nitrogens with one attached hydrogen (secondary N) is 1. The summed E-state index contributed by atoms with van der Waals surface area (Å²) >= 11 is 1.43. The molecule has 0 radical (unpaired) electrons. The number of rotatable bonds is 4. The minimum atomic E-state index is -1.04. The van der Waals surface area contributed by atoms with Crippen LogP contribution in [0, 0.1) is 5.92 Å². The predicted octanol–water partition coefficient (Wildman–Crippen LogP) is 0.0539. The standard InChI is InChI=1S/C11H19N3O4S/c1-5(2)9-14(7(4-19-9)10(16)17)11(18)13-6(3)8(12)15/h5-7,9H,4H2,1-3H3,(H2,12,15)(H,13,18)(H,16,17). The van der Waals surface area contributed by atoms with Crippen molar-refractivity contribution in [3.05, 3.63) is 0 Å². The van der Waals surface area contributed by atoms with E-state index in [4.69, 9.17) is 10.8 Å². The van der Waals surface area contributed by atoms with Crippen LogP contribution in [0.15, 0.2) is 0 Å². The highest BCUT2D eigenvalue weighted by Crippen LogP contribution is 2.34. The fourth-order valence-corrected chi connectivity index (χ4v) is 3.29. The first-order valence-corrected chi connectivity index (χ1v) is 7.03. The average molecular weight is 289 g/mol. The second-order valence-electron chi connectivity index (χ2n) is 4.80. The molecule has 19 heavy (non-hydrogen) atoms. The zero-order valence-electron chi connectivity index (χ0n) is 11.1. The Hall–Kier alpha value is -1.44. The molecule has 0 aromatic carbocycles. The van der Waals surface area contributed by atoms with Crippen LogP contribution in [0.4, 0.5) is 4.79 Å². The van der Waals surface area contributed by atoms with E-state index in [2.05, 4.69) is 5.32 Å². The summed E-state index contributed by atoms with van der Waals surface area (Å²) in [5.74, 6) is -1.24. The van der Waals surface area contributed by atoms with E-state index < -0.39 is 30.0 Å². The van der Waals surface area contributed by atoms with Crippen molar-refractivity contribution in [3.63, 3.8) is 0 Å². The topological polar surface area (TPSA) is 113 Å². The van der Waals surface area contributed by atoms with Crippen LogP contribution in [0.25, 0.3) is 0 Å². The molecule has 3 atom stereocenters. The van der Waals surface area contributed by atoms with Crippen LogP contribution in [0.3, 0.4) is 0 Å². The summed E-state index contributed by atoms with van der Waals surface area (Å²) in [6, 6.07) is -2.28. The molecule has 0 aromatic heterocycles. The number of carbonyl (C=O) groups is 3. The van der Waals surface area contributed by atoms with Crippen LogP contribution in [0.2, 0.25) is 0 Å². The smallest absolute Gasteiger partial charge is 0.327 e. The molecule has 1 rings (SSSR count). The molecule has 1 fully saturated rings. The Morgan fingerprint density at radius 1 is 1.37 bits per heavy atom. The normalized spacial score (nSPS) is 24.3. The van der Waals surface area contributed by atoms with E-state index in [-0.39, 0.29) is 11.3 Å². The van der Waals surface area contributed by atoms with E-state index in [1.165, 1.54) is 23.6 Å². The molecule has 0 bridgehead atoms. The van der Waals surface area contributed by atoms with E-state index in [1.54, 1.807) is 0 Å². The molecule has 7 nitrogen and oxygen atoms in total. The van der Waals surface area contributed by atoms with Crippen molar-refractivity contribution >= 4 is 29.7 Å². The maximum Gasteiger partial charge on any atom is 0.327 e. The zero-order valence-corrected chi connectivity index (χ0v) is 11.9. The van der Waals surface area contributed by atoms with E-state index in [9.17, 15) is 14.4 Å². The summed E-state index contributed by atoms with van der Waals surface area (Å²) in [7, 11) is 0. The van der Waals surface area contributed by atoms with Crippen LogP contribution in [-0.4, -0.2) is 51.1 Å². The lowest BCUT2D eigenvalue weighted by Crippen LogP contribution is -2.55. The summed E-state index contributed by atoms with van der Waals surface area (Å²) in [5.41, 5.74) is 5.08. The third-order valence-electron chi connectivity index (χ3n) is 2.89. The van der Waals surface area contributed by atoms with Gasteiger partial charge in [0, 0.05) is 5.75 Å². The number of amides is 3. The molecule has 1 heterocycles. The second kappa shape index (κ2) is 6.14. The number of carboxylic acids is 1.